The first-order valence-electron chi connectivity index (χ1n) is 8.49. The van der Waals surface area contributed by atoms with Crippen LogP contribution in [0.3, 0.4) is 0 Å². The van der Waals surface area contributed by atoms with E-state index >= 15 is 0 Å². The van der Waals surface area contributed by atoms with Crippen LogP contribution in [0.5, 0.6) is 0 Å². The standard InChI is InChI=1S/C16H25N3O4/c1-11-8-18(9-12(2)23-11)13(20)10-19-14(21)16(17-15(19)22)6-4-3-5-7-16/h11-12H,3-10H2,1-2H3,(H,17,22). The average Bonchev–Trinajstić information content (AvgIpc) is 2.71. The minimum atomic E-state index is -0.763. The molecule has 23 heavy (non-hydrogen) atoms. The maximum Gasteiger partial charge on any atom is 0.325 e. The summed E-state index contributed by atoms with van der Waals surface area (Å²) in [6.07, 6.45) is 4.25. The lowest BCUT2D eigenvalue weighted by atomic mass is 9.82. The highest BCUT2D eigenvalue weighted by Crippen LogP contribution is 2.33. The van der Waals surface area contributed by atoms with Gasteiger partial charge in [-0.25, -0.2) is 4.79 Å². The van der Waals surface area contributed by atoms with Gasteiger partial charge in [-0.3, -0.25) is 14.5 Å². The summed E-state index contributed by atoms with van der Waals surface area (Å²) in [4.78, 5) is 40.2. The number of rotatable bonds is 2. The molecule has 2 unspecified atom stereocenters. The summed E-state index contributed by atoms with van der Waals surface area (Å²) in [7, 11) is 0. The second-order valence-corrected chi connectivity index (χ2v) is 7.02. The number of nitrogens with one attached hydrogen (secondary N) is 1. The van der Waals surface area contributed by atoms with Gasteiger partial charge in [-0.1, -0.05) is 19.3 Å². The molecule has 0 bridgehead atoms. The number of imide groups is 1. The molecular formula is C16H25N3O4. The predicted octanol–water partition coefficient (Wildman–Crippen LogP) is 0.877. The van der Waals surface area contributed by atoms with Crippen LogP contribution in [-0.4, -0.2) is 65.0 Å². The molecular weight excluding hydrogens is 298 g/mol. The van der Waals surface area contributed by atoms with Crippen molar-refractivity contribution in [2.75, 3.05) is 19.6 Å². The number of morpholine rings is 1. The van der Waals surface area contributed by atoms with Gasteiger partial charge in [-0.2, -0.15) is 0 Å². The maximum atomic E-state index is 12.7. The van der Waals surface area contributed by atoms with Gasteiger partial charge < -0.3 is 15.0 Å². The Morgan fingerprint density at radius 3 is 2.39 bits per heavy atom. The van der Waals surface area contributed by atoms with E-state index in [1.807, 2.05) is 13.8 Å². The number of ether oxygens (including phenoxy) is 1. The molecule has 1 saturated carbocycles. The topological polar surface area (TPSA) is 79.0 Å². The van der Waals surface area contributed by atoms with Crippen molar-refractivity contribution in [3.63, 3.8) is 0 Å². The van der Waals surface area contributed by atoms with E-state index in [4.69, 9.17) is 4.74 Å². The van der Waals surface area contributed by atoms with Crippen LogP contribution in [0.1, 0.15) is 46.0 Å². The molecule has 0 radical (unpaired) electrons. The zero-order valence-corrected chi connectivity index (χ0v) is 13.8. The number of carbonyl (C=O) groups excluding carboxylic acids is 3. The van der Waals surface area contributed by atoms with E-state index in [2.05, 4.69) is 5.32 Å². The molecule has 2 saturated heterocycles. The van der Waals surface area contributed by atoms with Gasteiger partial charge in [0.2, 0.25) is 5.91 Å². The van der Waals surface area contributed by atoms with E-state index in [-0.39, 0.29) is 30.6 Å². The van der Waals surface area contributed by atoms with Gasteiger partial charge in [0.1, 0.15) is 12.1 Å². The molecule has 0 aromatic heterocycles. The molecule has 2 heterocycles. The van der Waals surface area contributed by atoms with Crippen molar-refractivity contribution in [2.45, 2.75) is 63.7 Å². The SMILES string of the molecule is CC1CN(C(=O)CN2C(=O)NC3(CCCCC3)C2=O)CC(C)O1. The Morgan fingerprint density at radius 1 is 1.17 bits per heavy atom. The molecule has 3 aliphatic rings. The third-order valence-corrected chi connectivity index (χ3v) is 5.02. The van der Waals surface area contributed by atoms with E-state index in [1.165, 1.54) is 0 Å². The fourth-order valence-electron chi connectivity index (χ4n) is 3.93. The van der Waals surface area contributed by atoms with Crippen LogP contribution >= 0.6 is 0 Å². The molecule has 128 valence electrons. The fourth-order valence-corrected chi connectivity index (χ4v) is 3.93. The van der Waals surface area contributed by atoms with E-state index in [9.17, 15) is 14.4 Å². The van der Waals surface area contributed by atoms with Crippen molar-refractivity contribution < 1.29 is 19.1 Å². The molecule has 1 aliphatic carbocycles. The van der Waals surface area contributed by atoms with Crippen molar-refractivity contribution in [3.05, 3.63) is 0 Å². The maximum absolute atomic E-state index is 12.7. The number of amides is 4. The summed E-state index contributed by atoms with van der Waals surface area (Å²) in [5.41, 5.74) is -0.763. The molecule has 3 fully saturated rings. The third kappa shape index (κ3) is 3.06. The van der Waals surface area contributed by atoms with Gasteiger partial charge in [0.15, 0.2) is 0 Å². The normalized spacial score (nSPS) is 30.7. The van der Waals surface area contributed by atoms with Crippen molar-refractivity contribution in [1.29, 1.82) is 0 Å². The third-order valence-electron chi connectivity index (χ3n) is 5.02. The average molecular weight is 323 g/mol. The first-order valence-corrected chi connectivity index (χ1v) is 8.49. The highest BCUT2D eigenvalue weighted by molar-refractivity contribution is 6.09. The minimum absolute atomic E-state index is 0.0320. The Bertz CT molecular complexity index is 505. The lowest BCUT2D eigenvalue weighted by Crippen LogP contribution is -2.52. The molecule has 0 aromatic carbocycles. The molecule has 7 heteroatoms. The van der Waals surface area contributed by atoms with Crippen LogP contribution in [-0.2, 0) is 14.3 Å². The molecule has 0 aromatic rings. The number of hydrogen-bond acceptors (Lipinski definition) is 4. The van der Waals surface area contributed by atoms with Crippen LogP contribution < -0.4 is 5.32 Å². The van der Waals surface area contributed by atoms with E-state index in [1.54, 1.807) is 4.90 Å². The molecule has 2 aliphatic heterocycles. The van der Waals surface area contributed by atoms with Gasteiger partial charge in [0.25, 0.3) is 5.91 Å². The second-order valence-electron chi connectivity index (χ2n) is 7.02. The Hall–Kier alpha value is -1.63. The van der Waals surface area contributed by atoms with Crippen molar-refractivity contribution >= 4 is 17.8 Å². The number of nitrogens with zero attached hydrogens (tertiary/aromatic N) is 2. The Labute approximate surface area is 136 Å². The lowest BCUT2D eigenvalue weighted by molar-refractivity contribution is -0.147. The first kappa shape index (κ1) is 16.2. The summed E-state index contributed by atoms with van der Waals surface area (Å²) in [5, 5.41) is 2.84. The lowest BCUT2D eigenvalue weighted by Gasteiger charge is -2.36. The monoisotopic (exact) mass is 323 g/mol. The Kier molecular flexibility index (Phi) is 4.31. The van der Waals surface area contributed by atoms with Crippen LogP contribution in [0.4, 0.5) is 4.79 Å². The molecule has 1 spiro atoms. The van der Waals surface area contributed by atoms with Gasteiger partial charge in [-0.15, -0.1) is 0 Å². The minimum Gasteiger partial charge on any atom is -0.372 e. The molecule has 2 atom stereocenters. The quantitative estimate of drug-likeness (QED) is 0.765. The van der Waals surface area contributed by atoms with Crippen LogP contribution in [0.15, 0.2) is 0 Å². The van der Waals surface area contributed by atoms with Crippen LogP contribution in [0, 0.1) is 0 Å². The van der Waals surface area contributed by atoms with Gasteiger partial charge in [0, 0.05) is 13.1 Å². The largest absolute Gasteiger partial charge is 0.372 e. The summed E-state index contributed by atoms with van der Waals surface area (Å²) in [5.74, 6) is -0.423. The molecule has 7 nitrogen and oxygen atoms in total. The van der Waals surface area contributed by atoms with Crippen LogP contribution in [0.2, 0.25) is 0 Å². The first-order chi connectivity index (χ1) is 10.9. The van der Waals surface area contributed by atoms with Gasteiger partial charge >= 0.3 is 6.03 Å². The summed E-state index contributed by atoms with van der Waals surface area (Å²) in [6, 6.07) is -0.431. The summed E-state index contributed by atoms with van der Waals surface area (Å²) >= 11 is 0. The van der Waals surface area contributed by atoms with Crippen molar-refractivity contribution in [3.8, 4) is 0 Å². The number of urea groups is 1. The number of carbonyl (C=O) groups is 3. The van der Waals surface area contributed by atoms with Gasteiger partial charge in [-0.05, 0) is 26.7 Å². The zero-order valence-electron chi connectivity index (χ0n) is 13.8. The number of hydrogen-bond donors (Lipinski definition) is 1. The van der Waals surface area contributed by atoms with E-state index in [0.717, 1.165) is 24.2 Å². The fraction of sp³-hybridized carbons (Fsp3) is 0.812. The van der Waals surface area contributed by atoms with E-state index in [0.29, 0.717) is 25.9 Å². The van der Waals surface area contributed by atoms with E-state index < -0.39 is 11.6 Å². The Balaban J connectivity index is 1.66. The highest BCUT2D eigenvalue weighted by atomic mass is 16.5. The molecule has 4 amide bonds. The summed E-state index contributed by atoms with van der Waals surface area (Å²) < 4.78 is 5.62. The second kappa shape index (κ2) is 6.11. The van der Waals surface area contributed by atoms with Crippen molar-refractivity contribution in [2.24, 2.45) is 0 Å². The molecule has 3 rings (SSSR count). The predicted molar refractivity (Wildman–Crippen MR) is 82.6 cm³/mol. The van der Waals surface area contributed by atoms with Crippen LogP contribution in [0.25, 0.3) is 0 Å². The zero-order chi connectivity index (χ0) is 16.6. The molecule has 1 N–H and O–H groups in total. The van der Waals surface area contributed by atoms with Crippen molar-refractivity contribution in [1.82, 2.24) is 15.1 Å². The highest BCUT2D eigenvalue weighted by Gasteiger charge is 2.51. The van der Waals surface area contributed by atoms with Gasteiger partial charge in [0.05, 0.1) is 12.2 Å². The summed E-state index contributed by atoms with van der Waals surface area (Å²) in [6.45, 7) is 4.66. The smallest absolute Gasteiger partial charge is 0.325 e. The Morgan fingerprint density at radius 2 is 1.78 bits per heavy atom.